The summed E-state index contributed by atoms with van der Waals surface area (Å²) in [4.78, 5) is 19.0. The lowest BCUT2D eigenvalue weighted by Gasteiger charge is -2.23. The first-order valence-electron chi connectivity index (χ1n) is 7.49. The van der Waals surface area contributed by atoms with E-state index < -0.39 is 0 Å². The first kappa shape index (κ1) is 16.1. The average molecular weight is 307 g/mol. The van der Waals surface area contributed by atoms with Crippen molar-refractivity contribution in [2.24, 2.45) is 0 Å². The molecular formula is C16H25N3OS. The van der Waals surface area contributed by atoms with Crippen LogP contribution in [0.4, 0.5) is 5.82 Å². The van der Waals surface area contributed by atoms with Crippen molar-refractivity contribution in [1.29, 1.82) is 0 Å². The van der Waals surface area contributed by atoms with Crippen molar-refractivity contribution >= 4 is 23.5 Å². The van der Waals surface area contributed by atoms with E-state index in [1.807, 2.05) is 22.7 Å². The minimum atomic E-state index is 0.0734. The molecule has 21 heavy (non-hydrogen) atoms. The third-order valence-electron chi connectivity index (χ3n) is 3.83. The molecule has 116 valence electrons. The largest absolute Gasteiger partial charge is 0.384 e. The van der Waals surface area contributed by atoms with Crippen LogP contribution >= 0.6 is 11.8 Å². The van der Waals surface area contributed by atoms with E-state index in [9.17, 15) is 4.79 Å². The second-order valence-electron chi connectivity index (χ2n) is 6.51. The SMILES string of the molecule is CC(C)c1cc(C(=O)N2CCSC(C)(C)CC2)cc(N)n1. The summed E-state index contributed by atoms with van der Waals surface area (Å²) in [5, 5.41) is 0. The van der Waals surface area contributed by atoms with Crippen LogP contribution in [0.5, 0.6) is 0 Å². The van der Waals surface area contributed by atoms with Gasteiger partial charge >= 0.3 is 0 Å². The lowest BCUT2D eigenvalue weighted by molar-refractivity contribution is 0.0764. The van der Waals surface area contributed by atoms with Crippen LogP contribution < -0.4 is 5.73 Å². The molecular weight excluding hydrogens is 282 g/mol. The smallest absolute Gasteiger partial charge is 0.254 e. The number of aromatic nitrogens is 1. The summed E-state index contributed by atoms with van der Waals surface area (Å²) < 4.78 is 0.245. The van der Waals surface area contributed by atoms with Gasteiger partial charge in [0.1, 0.15) is 5.82 Å². The zero-order chi connectivity index (χ0) is 15.6. The minimum absolute atomic E-state index is 0.0734. The van der Waals surface area contributed by atoms with E-state index in [2.05, 4.69) is 32.7 Å². The first-order valence-corrected chi connectivity index (χ1v) is 8.48. The van der Waals surface area contributed by atoms with Crippen LogP contribution in [0, 0.1) is 0 Å². The van der Waals surface area contributed by atoms with Crippen LogP contribution in [0.2, 0.25) is 0 Å². The third kappa shape index (κ3) is 4.13. The quantitative estimate of drug-likeness (QED) is 0.912. The predicted molar refractivity (Wildman–Crippen MR) is 89.8 cm³/mol. The van der Waals surface area contributed by atoms with Gasteiger partial charge in [0.05, 0.1) is 0 Å². The van der Waals surface area contributed by atoms with E-state index in [4.69, 9.17) is 5.73 Å². The van der Waals surface area contributed by atoms with Crippen molar-refractivity contribution < 1.29 is 4.79 Å². The molecule has 1 aromatic rings. The van der Waals surface area contributed by atoms with Gasteiger partial charge in [-0.15, -0.1) is 0 Å². The molecule has 0 spiro atoms. The minimum Gasteiger partial charge on any atom is -0.384 e. The molecule has 1 fully saturated rings. The van der Waals surface area contributed by atoms with Crippen LogP contribution in [0.25, 0.3) is 0 Å². The molecule has 1 aliphatic heterocycles. The van der Waals surface area contributed by atoms with E-state index in [0.717, 1.165) is 31.0 Å². The molecule has 0 bridgehead atoms. The maximum Gasteiger partial charge on any atom is 0.254 e. The van der Waals surface area contributed by atoms with Crippen LogP contribution in [0.15, 0.2) is 12.1 Å². The highest BCUT2D eigenvalue weighted by atomic mass is 32.2. The summed E-state index contributed by atoms with van der Waals surface area (Å²) in [6.07, 6.45) is 1.01. The molecule has 0 saturated carbocycles. The van der Waals surface area contributed by atoms with E-state index in [0.29, 0.717) is 11.4 Å². The Bertz CT molecular complexity index is 528. The number of anilines is 1. The van der Waals surface area contributed by atoms with E-state index in [1.165, 1.54) is 0 Å². The number of rotatable bonds is 2. The van der Waals surface area contributed by atoms with Gasteiger partial charge in [-0.3, -0.25) is 4.79 Å². The molecule has 2 N–H and O–H groups in total. The average Bonchev–Trinajstić information content (AvgIpc) is 2.58. The third-order valence-corrected chi connectivity index (χ3v) is 5.20. The van der Waals surface area contributed by atoms with Gasteiger partial charge in [-0.05, 0) is 24.5 Å². The zero-order valence-electron chi connectivity index (χ0n) is 13.3. The molecule has 2 rings (SSSR count). The van der Waals surface area contributed by atoms with Gasteiger partial charge < -0.3 is 10.6 Å². The Hall–Kier alpha value is -1.23. The molecule has 0 aromatic carbocycles. The highest BCUT2D eigenvalue weighted by molar-refractivity contribution is 8.00. The van der Waals surface area contributed by atoms with Gasteiger partial charge in [0.2, 0.25) is 0 Å². The molecule has 0 atom stereocenters. The van der Waals surface area contributed by atoms with Crippen molar-refractivity contribution in [2.75, 3.05) is 24.6 Å². The van der Waals surface area contributed by atoms with Crippen LogP contribution in [0.1, 0.15) is 56.1 Å². The highest BCUT2D eigenvalue weighted by Crippen LogP contribution is 2.31. The van der Waals surface area contributed by atoms with E-state index in [-0.39, 0.29) is 16.6 Å². The number of nitrogens with zero attached hydrogens (tertiary/aromatic N) is 2. The van der Waals surface area contributed by atoms with Gasteiger partial charge in [-0.25, -0.2) is 4.98 Å². The summed E-state index contributed by atoms with van der Waals surface area (Å²) in [5.41, 5.74) is 7.39. The van der Waals surface area contributed by atoms with E-state index >= 15 is 0 Å². The Kier molecular flexibility index (Phi) is 4.81. The maximum atomic E-state index is 12.7. The number of nitrogen functional groups attached to an aromatic ring is 1. The maximum absolute atomic E-state index is 12.7. The second kappa shape index (κ2) is 6.26. The zero-order valence-corrected chi connectivity index (χ0v) is 14.2. The summed E-state index contributed by atoms with van der Waals surface area (Å²) in [7, 11) is 0. The summed E-state index contributed by atoms with van der Waals surface area (Å²) >= 11 is 1.94. The van der Waals surface area contributed by atoms with Crippen molar-refractivity contribution in [3.05, 3.63) is 23.4 Å². The Morgan fingerprint density at radius 1 is 1.38 bits per heavy atom. The van der Waals surface area contributed by atoms with Gasteiger partial charge in [0, 0.05) is 34.8 Å². The van der Waals surface area contributed by atoms with Gasteiger partial charge in [-0.2, -0.15) is 11.8 Å². The molecule has 1 saturated heterocycles. The van der Waals surface area contributed by atoms with Crippen molar-refractivity contribution in [3.8, 4) is 0 Å². The Labute approximate surface area is 131 Å². The van der Waals surface area contributed by atoms with Gasteiger partial charge in [0.15, 0.2) is 0 Å². The van der Waals surface area contributed by atoms with Crippen LogP contribution in [-0.2, 0) is 0 Å². The number of carbonyl (C=O) groups is 1. The Morgan fingerprint density at radius 3 is 2.76 bits per heavy atom. The Balaban J connectivity index is 2.20. The fourth-order valence-electron chi connectivity index (χ4n) is 2.40. The molecule has 1 aliphatic rings. The monoisotopic (exact) mass is 307 g/mol. The molecule has 1 amide bonds. The second-order valence-corrected chi connectivity index (χ2v) is 8.31. The molecule has 5 heteroatoms. The molecule has 4 nitrogen and oxygen atoms in total. The number of pyridine rings is 1. The molecule has 0 aliphatic carbocycles. The van der Waals surface area contributed by atoms with E-state index in [1.54, 1.807) is 6.07 Å². The summed E-state index contributed by atoms with van der Waals surface area (Å²) in [5.74, 6) is 1.74. The standard InChI is InChI=1S/C16H25N3OS/c1-11(2)13-9-12(10-14(17)18-13)15(20)19-6-5-16(3,4)21-8-7-19/h9-11H,5-8H2,1-4H3,(H2,17,18). The van der Waals surface area contributed by atoms with Crippen molar-refractivity contribution in [1.82, 2.24) is 9.88 Å². The lowest BCUT2D eigenvalue weighted by atomic mass is 10.1. The summed E-state index contributed by atoms with van der Waals surface area (Å²) in [6, 6.07) is 3.57. The van der Waals surface area contributed by atoms with Gasteiger partial charge in [-0.1, -0.05) is 27.7 Å². The van der Waals surface area contributed by atoms with Crippen molar-refractivity contribution in [2.45, 2.75) is 44.8 Å². The lowest BCUT2D eigenvalue weighted by Crippen LogP contribution is -2.33. The fraction of sp³-hybridized carbons (Fsp3) is 0.625. The predicted octanol–water partition coefficient (Wildman–Crippen LogP) is 3.14. The fourth-order valence-corrected chi connectivity index (χ4v) is 3.50. The number of hydrogen-bond acceptors (Lipinski definition) is 4. The molecule has 2 heterocycles. The Morgan fingerprint density at radius 2 is 2.10 bits per heavy atom. The number of thioether (sulfide) groups is 1. The van der Waals surface area contributed by atoms with Crippen LogP contribution in [-0.4, -0.2) is 39.4 Å². The highest BCUT2D eigenvalue weighted by Gasteiger charge is 2.26. The van der Waals surface area contributed by atoms with Crippen molar-refractivity contribution in [3.63, 3.8) is 0 Å². The normalized spacial score (nSPS) is 18.6. The first-order chi connectivity index (χ1) is 9.78. The number of nitrogens with two attached hydrogens (primary N) is 1. The number of amides is 1. The number of carbonyl (C=O) groups excluding carboxylic acids is 1. The molecule has 0 radical (unpaired) electrons. The molecule has 0 unspecified atom stereocenters. The number of hydrogen-bond donors (Lipinski definition) is 1. The summed E-state index contributed by atoms with van der Waals surface area (Å²) in [6.45, 7) is 10.2. The molecule has 1 aromatic heterocycles. The topological polar surface area (TPSA) is 59.2 Å². The van der Waals surface area contributed by atoms with Crippen LogP contribution in [0.3, 0.4) is 0 Å². The van der Waals surface area contributed by atoms with Gasteiger partial charge in [0.25, 0.3) is 5.91 Å².